The van der Waals surface area contributed by atoms with E-state index in [9.17, 15) is 5.11 Å². The van der Waals surface area contributed by atoms with Gasteiger partial charge in [-0.2, -0.15) is 0 Å². The summed E-state index contributed by atoms with van der Waals surface area (Å²) < 4.78 is 5.69. The molecule has 98 valence electrons. The molecule has 0 aliphatic carbocycles. The fourth-order valence-corrected chi connectivity index (χ4v) is 3.01. The Labute approximate surface area is 108 Å². The molecular weight excluding hydrogens is 226 g/mol. The molecule has 0 amide bonds. The number of aliphatic hydroxyl groups excluding tert-OH is 1. The van der Waals surface area contributed by atoms with Gasteiger partial charge in [0.25, 0.3) is 0 Å². The van der Waals surface area contributed by atoms with Crippen LogP contribution in [0.2, 0.25) is 0 Å². The first kappa shape index (κ1) is 12.0. The largest absolute Gasteiger partial charge is 0.490 e. The maximum absolute atomic E-state index is 10.4. The quantitative estimate of drug-likeness (QED) is 0.841. The van der Waals surface area contributed by atoms with Crippen molar-refractivity contribution in [2.24, 2.45) is 0 Å². The number of aliphatic hydroxyl groups is 1. The SMILES string of the molecule is CC1Cc2cc(C(O)C3CCCCN3)ccc2O1. The van der Waals surface area contributed by atoms with Gasteiger partial charge in [-0.25, -0.2) is 0 Å². The second kappa shape index (κ2) is 4.90. The molecule has 2 heterocycles. The Morgan fingerprint density at radius 3 is 3.06 bits per heavy atom. The molecule has 2 N–H and O–H groups in total. The van der Waals surface area contributed by atoms with Crippen molar-refractivity contribution in [1.82, 2.24) is 5.32 Å². The van der Waals surface area contributed by atoms with Crippen molar-refractivity contribution in [1.29, 1.82) is 0 Å². The minimum atomic E-state index is -0.397. The molecular formula is C15H21NO2. The fraction of sp³-hybridized carbons (Fsp3) is 0.600. The topological polar surface area (TPSA) is 41.5 Å². The summed E-state index contributed by atoms with van der Waals surface area (Å²) in [6, 6.07) is 6.31. The van der Waals surface area contributed by atoms with E-state index < -0.39 is 6.10 Å². The van der Waals surface area contributed by atoms with E-state index in [4.69, 9.17) is 4.74 Å². The van der Waals surface area contributed by atoms with Gasteiger partial charge in [-0.15, -0.1) is 0 Å². The molecule has 3 atom stereocenters. The Balaban J connectivity index is 1.78. The third-order valence-electron chi connectivity index (χ3n) is 3.99. The van der Waals surface area contributed by atoms with E-state index in [1.54, 1.807) is 0 Å². The number of piperidine rings is 1. The number of rotatable bonds is 2. The van der Waals surface area contributed by atoms with Gasteiger partial charge in [-0.05, 0) is 49.6 Å². The minimum Gasteiger partial charge on any atom is -0.490 e. The van der Waals surface area contributed by atoms with E-state index in [1.807, 2.05) is 12.1 Å². The molecule has 3 rings (SSSR count). The van der Waals surface area contributed by atoms with Gasteiger partial charge in [0, 0.05) is 12.5 Å². The molecule has 3 nitrogen and oxygen atoms in total. The van der Waals surface area contributed by atoms with Crippen LogP contribution in [0, 0.1) is 0 Å². The summed E-state index contributed by atoms with van der Waals surface area (Å²) in [5.74, 6) is 0.982. The molecule has 0 aromatic heterocycles. The molecule has 3 heteroatoms. The predicted molar refractivity (Wildman–Crippen MR) is 70.8 cm³/mol. The van der Waals surface area contributed by atoms with E-state index in [0.717, 1.165) is 30.7 Å². The van der Waals surface area contributed by atoms with Gasteiger partial charge in [0.05, 0.1) is 6.10 Å². The average Bonchev–Trinajstić information content (AvgIpc) is 2.78. The summed E-state index contributed by atoms with van der Waals surface area (Å²) in [4.78, 5) is 0. The van der Waals surface area contributed by atoms with E-state index in [2.05, 4.69) is 18.3 Å². The van der Waals surface area contributed by atoms with E-state index in [-0.39, 0.29) is 12.1 Å². The molecule has 0 spiro atoms. The van der Waals surface area contributed by atoms with E-state index in [1.165, 1.54) is 18.4 Å². The molecule has 1 aromatic rings. The summed E-state index contributed by atoms with van der Waals surface area (Å²) in [5, 5.41) is 13.9. The Morgan fingerprint density at radius 2 is 2.28 bits per heavy atom. The van der Waals surface area contributed by atoms with Crippen LogP contribution in [-0.4, -0.2) is 23.8 Å². The third kappa shape index (κ3) is 2.25. The van der Waals surface area contributed by atoms with Crippen LogP contribution in [0.1, 0.15) is 43.4 Å². The Bertz CT molecular complexity index is 427. The number of hydrogen-bond acceptors (Lipinski definition) is 3. The van der Waals surface area contributed by atoms with E-state index in [0.29, 0.717) is 0 Å². The summed E-state index contributed by atoms with van der Waals surface area (Å²) >= 11 is 0. The monoisotopic (exact) mass is 247 g/mol. The van der Waals surface area contributed by atoms with Crippen molar-refractivity contribution in [3.8, 4) is 5.75 Å². The normalized spacial score (nSPS) is 28.6. The summed E-state index contributed by atoms with van der Waals surface area (Å²) in [7, 11) is 0. The molecule has 1 saturated heterocycles. The van der Waals surface area contributed by atoms with Gasteiger partial charge in [0.2, 0.25) is 0 Å². The van der Waals surface area contributed by atoms with Gasteiger partial charge < -0.3 is 15.2 Å². The number of nitrogens with one attached hydrogen (secondary N) is 1. The van der Waals surface area contributed by atoms with Crippen LogP contribution >= 0.6 is 0 Å². The zero-order valence-electron chi connectivity index (χ0n) is 10.9. The van der Waals surface area contributed by atoms with Crippen LogP contribution in [0.25, 0.3) is 0 Å². The lowest BCUT2D eigenvalue weighted by atomic mass is 9.93. The van der Waals surface area contributed by atoms with Crippen molar-refractivity contribution < 1.29 is 9.84 Å². The van der Waals surface area contributed by atoms with Crippen LogP contribution in [0.5, 0.6) is 5.75 Å². The standard InChI is InChI=1S/C15H21NO2/c1-10-8-12-9-11(5-6-14(12)18-10)15(17)13-4-2-3-7-16-13/h5-6,9-10,13,15-17H,2-4,7-8H2,1H3. The molecule has 0 radical (unpaired) electrons. The summed E-state index contributed by atoms with van der Waals surface area (Å²) in [6.45, 7) is 3.10. The lowest BCUT2D eigenvalue weighted by Gasteiger charge is -2.28. The molecule has 1 fully saturated rings. The van der Waals surface area contributed by atoms with Gasteiger partial charge in [-0.3, -0.25) is 0 Å². The van der Waals surface area contributed by atoms with Gasteiger partial charge >= 0.3 is 0 Å². The first-order chi connectivity index (χ1) is 8.74. The molecule has 18 heavy (non-hydrogen) atoms. The summed E-state index contributed by atoms with van der Waals surface area (Å²) in [5.41, 5.74) is 2.25. The second-order valence-corrected chi connectivity index (χ2v) is 5.50. The molecule has 0 bridgehead atoms. The number of fused-ring (bicyclic) bond motifs is 1. The number of ether oxygens (including phenoxy) is 1. The van der Waals surface area contributed by atoms with Crippen molar-refractivity contribution in [3.63, 3.8) is 0 Å². The average molecular weight is 247 g/mol. The van der Waals surface area contributed by atoms with Crippen LogP contribution in [0.3, 0.4) is 0 Å². The molecule has 2 aliphatic rings. The van der Waals surface area contributed by atoms with Crippen molar-refractivity contribution in [3.05, 3.63) is 29.3 Å². The van der Waals surface area contributed by atoms with Crippen LogP contribution < -0.4 is 10.1 Å². The smallest absolute Gasteiger partial charge is 0.123 e. The zero-order valence-corrected chi connectivity index (χ0v) is 10.9. The Morgan fingerprint density at radius 1 is 1.39 bits per heavy atom. The highest BCUT2D eigenvalue weighted by Gasteiger charge is 2.25. The molecule has 2 aliphatic heterocycles. The number of benzene rings is 1. The Kier molecular flexibility index (Phi) is 3.27. The lowest BCUT2D eigenvalue weighted by Crippen LogP contribution is -2.38. The van der Waals surface area contributed by atoms with Crippen molar-refractivity contribution in [2.75, 3.05) is 6.54 Å². The van der Waals surface area contributed by atoms with Gasteiger partial charge in [0.15, 0.2) is 0 Å². The van der Waals surface area contributed by atoms with Crippen LogP contribution in [0.15, 0.2) is 18.2 Å². The minimum absolute atomic E-state index is 0.205. The molecule has 3 unspecified atom stereocenters. The van der Waals surface area contributed by atoms with Gasteiger partial charge in [-0.1, -0.05) is 12.5 Å². The number of hydrogen-bond donors (Lipinski definition) is 2. The molecule has 1 aromatic carbocycles. The Hall–Kier alpha value is -1.06. The first-order valence-corrected chi connectivity index (χ1v) is 6.95. The summed E-state index contributed by atoms with van der Waals surface area (Å²) in [6.07, 6.45) is 4.31. The third-order valence-corrected chi connectivity index (χ3v) is 3.99. The van der Waals surface area contributed by atoms with Crippen LogP contribution in [-0.2, 0) is 6.42 Å². The second-order valence-electron chi connectivity index (χ2n) is 5.50. The zero-order chi connectivity index (χ0) is 12.5. The maximum atomic E-state index is 10.4. The predicted octanol–water partition coefficient (Wildman–Crippen LogP) is 2.19. The van der Waals surface area contributed by atoms with Crippen LogP contribution in [0.4, 0.5) is 0 Å². The van der Waals surface area contributed by atoms with Crippen molar-refractivity contribution in [2.45, 2.75) is 50.9 Å². The van der Waals surface area contributed by atoms with Crippen molar-refractivity contribution >= 4 is 0 Å². The highest BCUT2D eigenvalue weighted by molar-refractivity contribution is 5.41. The maximum Gasteiger partial charge on any atom is 0.123 e. The fourth-order valence-electron chi connectivity index (χ4n) is 3.01. The first-order valence-electron chi connectivity index (χ1n) is 6.95. The highest BCUT2D eigenvalue weighted by atomic mass is 16.5. The van der Waals surface area contributed by atoms with E-state index >= 15 is 0 Å². The molecule has 0 saturated carbocycles. The lowest BCUT2D eigenvalue weighted by molar-refractivity contribution is 0.114. The highest BCUT2D eigenvalue weighted by Crippen LogP contribution is 2.32. The van der Waals surface area contributed by atoms with Gasteiger partial charge in [0.1, 0.15) is 11.9 Å².